The van der Waals surface area contributed by atoms with Crippen LogP contribution in [-0.2, 0) is 27.4 Å². The van der Waals surface area contributed by atoms with Crippen molar-refractivity contribution in [1.29, 1.82) is 0 Å². The fraction of sp³-hybridized carbons (Fsp3) is 0.294. The number of rotatable bonds is 8. The molecule has 5 N–H and O–H groups in total. The molecule has 0 saturated carbocycles. The molecule has 0 aliphatic heterocycles. The Bertz CT molecular complexity index is 968. The van der Waals surface area contributed by atoms with Gasteiger partial charge in [0.15, 0.2) is 11.2 Å². The fourth-order valence-corrected chi connectivity index (χ4v) is 2.49. The topological polar surface area (TPSA) is 151 Å². The first-order valence-corrected chi connectivity index (χ1v) is 8.29. The van der Waals surface area contributed by atoms with Crippen LogP contribution in [0.2, 0.25) is 0 Å². The van der Waals surface area contributed by atoms with Gasteiger partial charge in [-0.25, -0.2) is 4.98 Å². The number of fused-ring (bicyclic) bond motifs is 1. The molecule has 0 amide bonds. The third-order valence-corrected chi connectivity index (χ3v) is 3.80. The number of nitrogens with zero attached hydrogens (tertiary/aromatic N) is 3. The molecule has 0 saturated heterocycles. The number of ether oxygens (including phenoxy) is 2. The van der Waals surface area contributed by atoms with Crippen LogP contribution in [0.5, 0.6) is 0 Å². The smallest absolute Gasteiger partial charge is 0.323 e. The van der Waals surface area contributed by atoms with Crippen LogP contribution in [0.4, 0.5) is 5.95 Å². The van der Waals surface area contributed by atoms with Gasteiger partial charge >= 0.3 is 5.97 Å². The summed E-state index contributed by atoms with van der Waals surface area (Å²) in [5.74, 6) is -0.493. The van der Waals surface area contributed by atoms with E-state index in [1.165, 1.54) is 10.9 Å². The maximum absolute atomic E-state index is 11.9. The van der Waals surface area contributed by atoms with Crippen LogP contribution in [0.1, 0.15) is 5.56 Å². The van der Waals surface area contributed by atoms with Crippen molar-refractivity contribution < 1.29 is 14.3 Å². The van der Waals surface area contributed by atoms with Gasteiger partial charge < -0.3 is 20.9 Å². The number of anilines is 1. The molecular weight excluding hydrogens is 352 g/mol. The Kier molecular flexibility index (Phi) is 5.79. The first kappa shape index (κ1) is 18.5. The first-order valence-electron chi connectivity index (χ1n) is 8.29. The number of nitrogens with two attached hydrogens (primary N) is 2. The van der Waals surface area contributed by atoms with Crippen molar-refractivity contribution in [2.75, 3.05) is 18.9 Å². The Hall–Kier alpha value is -3.24. The number of hydrogen-bond acceptors (Lipinski definition) is 8. The third kappa shape index (κ3) is 4.68. The average molecular weight is 372 g/mol. The molecule has 10 heteroatoms. The van der Waals surface area contributed by atoms with E-state index in [-0.39, 0.29) is 31.4 Å². The molecule has 1 atom stereocenters. The lowest BCUT2D eigenvalue weighted by atomic mass is 10.1. The number of carbonyl (C=O) groups is 1. The zero-order chi connectivity index (χ0) is 19.2. The average Bonchev–Trinajstić information content (AvgIpc) is 3.05. The SMILES string of the molecule is Nc1nc2c(ncn2COCCOC(=O)[C@H](N)Cc2ccccc2)c(=O)[nH]1. The van der Waals surface area contributed by atoms with Crippen LogP contribution >= 0.6 is 0 Å². The van der Waals surface area contributed by atoms with Gasteiger partial charge in [-0.1, -0.05) is 30.3 Å². The van der Waals surface area contributed by atoms with Crippen molar-refractivity contribution in [1.82, 2.24) is 19.5 Å². The molecule has 0 radical (unpaired) electrons. The molecule has 27 heavy (non-hydrogen) atoms. The predicted octanol–water partition coefficient (Wildman–Crippen LogP) is -0.211. The van der Waals surface area contributed by atoms with E-state index < -0.39 is 17.6 Å². The summed E-state index contributed by atoms with van der Waals surface area (Å²) in [5, 5.41) is 0. The van der Waals surface area contributed by atoms with Gasteiger partial charge in [-0.3, -0.25) is 19.1 Å². The third-order valence-electron chi connectivity index (χ3n) is 3.80. The molecule has 3 rings (SSSR count). The van der Waals surface area contributed by atoms with Crippen LogP contribution in [0, 0.1) is 0 Å². The Morgan fingerprint density at radius 1 is 1.26 bits per heavy atom. The highest BCUT2D eigenvalue weighted by atomic mass is 16.6. The first-order chi connectivity index (χ1) is 13.0. The van der Waals surface area contributed by atoms with Crippen LogP contribution in [-0.4, -0.2) is 44.7 Å². The lowest BCUT2D eigenvalue weighted by molar-refractivity contribution is -0.147. The van der Waals surface area contributed by atoms with Crippen molar-refractivity contribution in [3.63, 3.8) is 0 Å². The number of carbonyl (C=O) groups excluding carboxylic acids is 1. The van der Waals surface area contributed by atoms with E-state index in [0.29, 0.717) is 12.1 Å². The van der Waals surface area contributed by atoms with Gasteiger partial charge in [0.05, 0.1) is 12.9 Å². The number of esters is 1. The largest absolute Gasteiger partial charge is 0.462 e. The fourth-order valence-electron chi connectivity index (χ4n) is 2.49. The summed E-state index contributed by atoms with van der Waals surface area (Å²) in [6, 6.07) is 8.74. The van der Waals surface area contributed by atoms with Crippen molar-refractivity contribution in [3.05, 3.63) is 52.6 Å². The summed E-state index contributed by atoms with van der Waals surface area (Å²) in [5.41, 5.74) is 12.4. The Morgan fingerprint density at radius 2 is 2.04 bits per heavy atom. The summed E-state index contributed by atoms with van der Waals surface area (Å²) in [4.78, 5) is 34.0. The summed E-state index contributed by atoms with van der Waals surface area (Å²) in [6.45, 7) is 0.298. The van der Waals surface area contributed by atoms with Gasteiger partial charge in [0.2, 0.25) is 5.95 Å². The minimum absolute atomic E-state index is 0.00409. The normalized spacial score (nSPS) is 12.2. The molecule has 0 fully saturated rings. The number of nitrogen functional groups attached to an aromatic ring is 1. The van der Waals surface area contributed by atoms with Crippen LogP contribution in [0.25, 0.3) is 11.2 Å². The molecule has 0 unspecified atom stereocenters. The quantitative estimate of drug-likeness (QED) is 0.363. The molecular formula is C17H20N6O4. The highest BCUT2D eigenvalue weighted by molar-refractivity contribution is 5.75. The monoisotopic (exact) mass is 372 g/mol. The summed E-state index contributed by atoms with van der Waals surface area (Å²) in [7, 11) is 0. The Labute approximate surface area is 154 Å². The van der Waals surface area contributed by atoms with E-state index in [0.717, 1.165) is 5.56 Å². The molecule has 0 aliphatic carbocycles. The van der Waals surface area contributed by atoms with Gasteiger partial charge in [-0.2, -0.15) is 4.98 Å². The summed E-state index contributed by atoms with van der Waals surface area (Å²) < 4.78 is 12.1. The van der Waals surface area contributed by atoms with Gasteiger partial charge in [-0.15, -0.1) is 0 Å². The van der Waals surface area contributed by atoms with Crippen molar-refractivity contribution in [3.8, 4) is 0 Å². The number of imidazole rings is 1. The molecule has 3 aromatic rings. The zero-order valence-electron chi connectivity index (χ0n) is 14.5. The minimum Gasteiger partial charge on any atom is -0.462 e. The van der Waals surface area contributed by atoms with Gasteiger partial charge in [-0.05, 0) is 12.0 Å². The number of benzene rings is 1. The molecule has 0 aliphatic rings. The second-order valence-corrected chi connectivity index (χ2v) is 5.84. The van der Waals surface area contributed by atoms with E-state index in [1.807, 2.05) is 30.3 Å². The van der Waals surface area contributed by atoms with E-state index >= 15 is 0 Å². The standard InChI is InChI=1S/C17H20N6O4/c18-12(8-11-4-2-1-3-5-11)16(25)27-7-6-26-10-23-9-20-13-14(23)21-17(19)22-15(13)24/h1-5,9,12H,6-8,10,18H2,(H3,19,21,22,24)/t12-/m1/s1. The lowest BCUT2D eigenvalue weighted by Crippen LogP contribution is -2.35. The Balaban J connectivity index is 1.43. The lowest BCUT2D eigenvalue weighted by Gasteiger charge is -2.12. The van der Waals surface area contributed by atoms with Gasteiger partial charge in [0, 0.05) is 0 Å². The van der Waals surface area contributed by atoms with Gasteiger partial charge in [0.25, 0.3) is 5.56 Å². The second-order valence-electron chi connectivity index (χ2n) is 5.84. The number of nitrogens with one attached hydrogen (secondary N) is 1. The molecule has 2 heterocycles. The summed E-state index contributed by atoms with van der Waals surface area (Å²) in [6.07, 6.45) is 1.83. The van der Waals surface area contributed by atoms with E-state index in [4.69, 9.17) is 20.9 Å². The number of aromatic nitrogens is 4. The molecule has 0 bridgehead atoms. The number of H-pyrrole nitrogens is 1. The molecule has 2 aromatic heterocycles. The van der Waals surface area contributed by atoms with Crippen LogP contribution in [0.15, 0.2) is 41.5 Å². The number of hydrogen-bond donors (Lipinski definition) is 3. The zero-order valence-corrected chi connectivity index (χ0v) is 14.5. The highest BCUT2D eigenvalue weighted by Gasteiger charge is 2.15. The molecule has 10 nitrogen and oxygen atoms in total. The second kappa shape index (κ2) is 8.43. The van der Waals surface area contributed by atoms with E-state index in [1.54, 1.807) is 0 Å². The highest BCUT2D eigenvalue weighted by Crippen LogP contribution is 2.06. The molecule has 0 spiro atoms. The number of aromatic amines is 1. The van der Waals surface area contributed by atoms with E-state index in [2.05, 4.69) is 15.0 Å². The van der Waals surface area contributed by atoms with Gasteiger partial charge in [0.1, 0.15) is 19.4 Å². The van der Waals surface area contributed by atoms with Crippen LogP contribution in [0.3, 0.4) is 0 Å². The minimum atomic E-state index is -0.733. The maximum atomic E-state index is 11.9. The molecule has 142 valence electrons. The van der Waals surface area contributed by atoms with Crippen molar-refractivity contribution >= 4 is 23.1 Å². The van der Waals surface area contributed by atoms with Crippen molar-refractivity contribution in [2.24, 2.45) is 5.73 Å². The van der Waals surface area contributed by atoms with E-state index in [9.17, 15) is 9.59 Å². The molecule has 1 aromatic carbocycles. The van der Waals surface area contributed by atoms with Crippen LogP contribution < -0.4 is 17.0 Å². The summed E-state index contributed by atoms with van der Waals surface area (Å²) >= 11 is 0. The Morgan fingerprint density at radius 3 is 2.81 bits per heavy atom. The predicted molar refractivity (Wildman–Crippen MR) is 97.6 cm³/mol. The maximum Gasteiger partial charge on any atom is 0.323 e. The van der Waals surface area contributed by atoms with Crippen molar-refractivity contribution in [2.45, 2.75) is 19.2 Å².